The Bertz CT molecular complexity index is 649. The van der Waals surface area contributed by atoms with Gasteiger partial charge >= 0.3 is 5.97 Å². The average Bonchev–Trinajstić information content (AvgIpc) is 2.87. The highest BCUT2D eigenvalue weighted by molar-refractivity contribution is 6.30. The molecule has 1 N–H and O–H groups in total. The molecule has 0 unspecified atom stereocenters. The molecule has 0 radical (unpaired) electrons. The highest BCUT2D eigenvalue weighted by atomic mass is 35.5. The average molecular weight is 278 g/mol. The normalized spacial score (nSPS) is 13.7. The van der Waals surface area contributed by atoms with Gasteiger partial charge in [0.25, 0.3) is 0 Å². The molecule has 19 heavy (non-hydrogen) atoms. The Morgan fingerprint density at radius 2 is 2.00 bits per heavy atom. The van der Waals surface area contributed by atoms with Gasteiger partial charge in [0.05, 0.1) is 12.2 Å². The fourth-order valence-electron chi connectivity index (χ4n) is 2.42. The molecule has 0 atom stereocenters. The van der Waals surface area contributed by atoms with E-state index in [1.165, 1.54) is 0 Å². The topological polar surface area (TPSA) is 58.4 Å². The lowest BCUT2D eigenvalue weighted by Crippen LogP contribution is -2.16. The summed E-state index contributed by atoms with van der Waals surface area (Å²) in [5, 5.41) is 14.3. The summed E-state index contributed by atoms with van der Waals surface area (Å²) in [6.45, 7) is 3.12. The van der Waals surface area contributed by atoms with Crippen LogP contribution < -0.4 is 4.90 Å². The number of nitrogens with zero attached hydrogens (tertiary/aromatic N) is 3. The minimum atomic E-state index is -0.945. The van der Waals surface area contributed by atoms with Gasteiger partial charge in [-0.15, -0.1) is 0 Å². The number of hydrogen-bond donors (Lipinski definition) is 1. The van der Waals surface area contributed by atoms with E-state index in [1.54, 1.807) is 23.7 Å². The van der Waals surface area contributed by atoms with Gasteiger partial charge in [-0.05, 0) is 31.2 Å². The molecule has 0 bridgehead atoms. The number of aromatic carboxylic acids is 1. The Kier molecular flexibility index (Phi) is 2.71. The zero-order valence-electron chi connectivity index (χ0n) is 10.3. The highest BCUT2D eigenvalue weighted by Crippen LogP contribution is 2.34. The van der Waals surface area contributed by atoms with E-state index >= 15 is 0 Å². The number of halogens is 1. The van der Waals surface area contributed by atoms with E-state index in [2.05, 4.69) is 5.10 Å². The zero-order chi connectivity index (χ0) is 13.6. The zero-order valence-corrected chi connectivity index (χ0v) is 11.1. The molecule has 5 nitrogen and oxygen atoms in total. The third kappa shape index (κ3) is 1.86. The highest BCUT2D eigenvalue weighted by Gasteiger charge is 2.30. The van der Waals surface area contributed by atoms with Gasteiger partial charge in [-0.1, -0.05) is 11.6 Å². The van der Waals surface area contributed by atoms with E-state index in [9.17, 15) is 9.90 Å². The van der Waals surface area contributed by atoms with E-state index in [0.717, 1.165) is 5.69 Å². The third-order valence-electron chi connectivity index (χ3n) is 3.24. The van der Waals surface area contributed by atoms with E-state index in [4.69, 9.17) is 11.6 Å². The van der Waals surface area contributed by atoms with Crippen LogP contribution in [0.4, 0.5) is 11.5 Å². The second-order valence-corrected chi connectivity index (χ2v) is 4.88. The van der Waals surface area contributed by atoms with Gasteiger partial charge in [-0.2, -0.15) is 5.10 Å². The van der Waals surface area contributed by atoms with Crippen molar-refractivity contribution in [3.8, 4) is 0 Å². The Hall–Kier alpha value is -2.01. The number of carboxylic acids is 1. The van der Waals surface area contributed by atoms with Crippen LogP contribution in [0.2, 0.25) is 5.02 Å². The van der Waals surface area contributed by atoms with Gasteiger partial charge in [0.2, 0.25) is 0 Å². The predicted octanol–water partition coefficient (Wildman–Crippen LogP) is 2.69. The van der Waals surface area contributed by atoms with Crippen molar-refractivity contribution in [1.29, 1.82) is 0 Å². The summed E-state index contributed by atoms with van der Waals surface area (Å²) in [4.78, 5) is 13.3. The molecule has 1 aliphatic rings. The van der Waals surface area contributed by atoms with E-state index in [0.29, 0.717) is 29.6 Å². The van der Waals surface area contributed by atoms with Crippen molar-refractivity contribution < 1.29 is 9.90 Å². The molecule has 0 saturated carbocycles. The summed E-state index contributed by atoms with van der Waals surface area (Å²) in [6.07, 6.45) is 0. The SMILES string of the molecule is Cc1nn2c(c1C(=O)O)N(c1ccc(Cl)cc1)CC2. The first-order chi connectivity index (χ1) is 9.08. The Morgan fingerprint density at radius 3 is 2.63 bits per heavy atom. The molecule has 1 aliphatic heterocycles. The Balaban J connectivity index is 2.10. The fraction of sp³-hybridized carbons (Fsp3) is 0.231. The smallest absolute Gasteiger partial charge is 0.341 e. The van der Waals surface area contributed by atoms with Gasteiger partial charge in [0.1, 0.15) is 11.4 Å². The van der Waals surface area contributed by atoms with Crippen LogP contribution in [0.3, 0.4) is 0 Å². The maximum absolute atomic E-state index is 11.4. The predicted molar refractivity (Wildman–Crippen MR) is 72.4 cm³/mol. The molecular formula is C13H12ClN3O2. The number of anilines is 2. The lowest BCUT2D eigenvalue weighted by molar-refractivity contribution is 0.0697. The lowest BCUT2D eigenvalue weighted by Gasteiger charge is -2.18. The number of carbonyl (C=O) groups is 1. The number of fused-ring (bicyclic) bond motifs is 1. The van der Waals surface area contributed by atoms with Crippen molar-refractivity contribution in [2.45, 2.75) is 13.5 Å². The van der Waals surface area contributed by atoms with Crippen LogP contribution in [0.1, 0.15) is 16.1 Å². The molecule has 1 aromatic heterocycles. The minimum absolute atomic E-state index is 0.271. The molecule has 0 fully saturated rings. The number of hydrogen-bond acceptors (Lipinski definition) is 3. The summed E-state index contributed by atoms with van der Waals surface area (Å²) in [5.74, 6) is -0.299. The number of aryl methyl sites for hydroxylation is 1. The largest absolute Gasteiger partial charge is 0.477 e. The van der Waals surface area contributed by atoms with Crippen LogP contribution in [0.15, 0.2) is 24.3 Å². The van der Waals surface area contributed by atoms with E-state index in [1.807, 2.05) is 17.0 Å². The van der Waals surface area contributed by atoms with Crippen LogP contribution in [0.5, 0.6) is 0 Å². The molecule has 98 valence electrons. The van der Waals surface area contributed by atoms with Crippen LogP contribution in [0, 0.1) is 6.92 Å². The number of carboxylic acid groups (broad SMARTS) is 1. The summed E-state index contributed by atoms with van der Waals surface area (Å²) in [5.41, 5.74) is 1.74. The van der Waals surface area contributed by atoms with Crippen molar-refractivity contribution in [1.82, 2.24) is 9.78 Å². The second-order valence-electron chi connectivity index (χ2n) is 4.44. The molecule has 2 aromatic rings. The first kappa shape index (κ1) is 12.0. The van der Waals surface area contributed by atoms with Crippen LogP contribution >= 0.6 is 11.6 Å². The van der Waals surface area contributed by atoms with E-state index in [-0.39, 0.29) is 5.56 Å². The number of aromatic nitrogens is 2. The molecule has 0 spiro atoms. The van der Waals surface area contributed by atoms with Crippen LogP contribution in [0.25, 0.3) is 0 Å². The molecule has 6 heteroatoms. The first-order valence-electron chi connectivity index (χ1n) is 5.91. The minimum Gasteiger partial charge on any atom is -0.477 e. The molecule has 0 amide bonds. The monoisotopic (exact) mass is 277 g/mol. The third-order valence-corrected chi connectivity index (χ3v) is 3.50. The van der Waals surface area contributed by atoms with Crippen molar-refractivity contribution >= 4 is 29.1 Å². The fourth-order valence-corrected chi connectivity index (χ4v) is 2.55. The molecule has 1 aromatic carbocycles. The molecule has 3 rings (SSSR count). The maximum Gasteiger partial charge on any atom is 0.341 e. The quantitative estimate of drug-likeness (QED) is 0.917. The first-order valence-corrected chi connectivity index (χ1v) is 6.29. The molecule has 0 aliphatic carbocycles. The molecule has 2 heterocycles. The molecule has 0 saturated heterocycles. The summed E-state index contributed by atoms with van der Waals surface area (Å²) < 4.78 is 1.74. The standard InChI is InChI=1S/C13H12ClN3O2/c1-8-11(13(18)19)12-16(6-7-17(12)15-8)10-4-2-9(14)3-5-10/h2-5H,6-7H2,1H3,(H,18,19). The molecular weight excluding hydrogens is 266 g/mol. The van der Waals surface area contributed by atoms with Crippen molar-refractivity contribution in [3.63, 3.8) is 0 Å². The summed E-state index contributed by atoms with van der Waals surface area (Å²) >= 11 is 5.87. The summed E-state index contributed by atoms with van der Waals surface area (Å²) in [6, 6.07) is 7.35. The number of benzene rings is 1. The van der Waals surface area contributed by atoms with Crippen LogP contribution in [-0.2, 0) is 6.54 Å². The van der Waals surface area contributed by atoms with Gasteiger partial charge in [0, 0.05) is 17.3 Å². The van der Waals surface area contributed by atoms with Crippen molar-refractivity contribution in [2.24, 2.45) is 0 Å². The van der Waals surface area contributed by atoms with Crippen LogP contribution in [-0.4, -0.2) is 27.4 Å². The van der Waals surface area contributed by atoms with Gasteiger partial charge < -0.3 is 10.0 Å². The van der Waals surface area contributed by atoms with Gasteiger partial charge in [-0.3, -0.25) is 0 Å². The van der Waals surface area contributed by atoms with Gasteiger partial charge in [-0.25, -0.2) is 9.48 Å². The summed E-state index contributed by atoms with van der Waals surface area (Å²) in [7, 11) is 0. The lowest BCUT2D eigenvalue weighted by atomic mass is 10.2. The second kappa shape index (κ2) is 4.28. The maximum atomic E-state index is 11.4. The van der Waals surface area contributed by atoms with Crippen molar-refractivity contribution in [2.75, 3.05) is 11.4 Å². The van der Waals surface area contributed by atoms with E-state index < -0.39 is 5.97 Å². The van der Waals surface area contributed by atoms with Crippen molar-refractivity contribution in [3.05, 3.63) is 40.5 Å². The number of rotatable bonds is 2. The Morgan fingerprint density at radius 1 is 1.32 bits per heavy atom. The Labute approximate surface area is 115 Å². The van der Waals surface area contributed by atoms with Gasteiger partial charge in [0.15, 0.2) is 0 Å².